The molecule has 0 saturated carbocycles. The zero-order valence-electron chi connectivity index (χ0n) is 7.99. The monoisotopic (exact) mass is 224 g/mol. The number of thiophene rings is 1. The predicted octanol–water partition coefficient (Wildman–Crippen LogP) is 2.68. The molecule has 2 heterocycles. The number of nitrogens with zero attached hydrogens (tertiary/aromatic N) is 1. The van der Waals surface area contributed by atoms with E-state index in [-0.39, 0.29) is 0 Å². The van der Waals surface area contributed by atoms with E-state index in [1.807, 2.05) is 0 Å². The average molecular weight is 224 g/mol. The summed E-state index contributed by atoms with van der Waals surface area (Å²) in [5.41, 5.74) is 7.90. The van der Waals surface area contributed by atoms with E-state index in [9.17, 15) is 0 Å². The Morgan fingerprint density at radius 2 is 2.29 bits per heavy atom. The number of aromatic nitrogens is 1. The van der Waals surface area contributed by atoms with E-state index in [1.165, 1.54) is 10.4 Å². The van der Waals surface area contributed by atoms with Crippen LogP contribution in [0.4, 0.5) is 0 Å². The molecule has 0 atom stereocenters. The van der Waals surface area contributed by atoms with Gasteiger partial charge in [0.1, 0.15) is 0 Å². The third-order valence-electron chi connectivity index (χ3n) is 2.00. The molecule has 0 unspecified atom stereocenters. The van der Waals surface area contributed by atoms with Crippen LogP contribution in [0, 0.1) is 6.92 Å². The fraction of sp³-hybridized carbons (Fsp3) is 0.300. The fourth-order valence-electron chi connectivity index (χ4n) is 1.29. The Bertz CT molecular complexity index is 417. The van der Waals surface area contributed by atoms with Gasteiger partial charge in [-0.25, -0.2) is 4.98 Å². The lowest BCUT2D eigenvalue weighted by atomic mass is 10.2. The van der Waals surface area contributed by atoms with Gasteiger partial charge >= 0.3 is 0 Å². The normalized spacial score (nSPS) is 10.7. The number of nitrogens with two attached hydrogens (primary N) is 1. The predicted molar refractivity (Wildman–Crippen MR) is 62.9 cm³/mol. The summed E-state index contributed by atoms with van der Waals surface area (Å²) in [6.07, 6.45) is 0.884. The van der Waals surface area contributed by atoms with Crippen molar-refractivity contribution in [2.24, 2.45) is 5.73 Å². The zero-order chi connectivity index (χ0) is 9.97. The largest absolute Gasteiger partial charge is 0.330 e. The van der Waals surface area contributed by atoms with Gasteiger partial charge in [-0.15, -0.1) is 22.7 Å². The summed E-state index contributed by atoms with van der Waals surface area (Å²) < 4.78 is 0. The molecule has 0 fully saturated rings. The van der Waals surface area contributed by atoms with Crippen LogP contribution in [0.5, 0.6) is 0 Å². The standard InChI is InChI=1S/C10H12N2S2/c1-7-3-5-13-10(7)8-6-14-9(12-8)2-4-11/h3,5-6H,2,4,11H2,1H3. The summed E-state index contributed by atoms with van der Waals surface area (Å²) in [4.78, 5) is 5.83. The van der Waals surface area contributed by atoms with Crippen LogP contribution in [0.15, 0.2) is 16.8 Å². The van der Waals surface area contributed by atoms with Crippen LogP contribution in [0.3, 0.4) is 0 Å². The molecule has 0 aliphatic rings. The summed E-state index contributed by atoms with van der Waals surface area (Å²) in [5.74, 6) is 0. The van der Waals surface area contributed by atoms with Crippen molar-refractivity contribution in [1.82, 2.24) is 4.98 Å². The number of rotatable bonds is 3. The molecule has 2 rings (SSSR count). The first-order chi connectivity index (χ1) is 6.81. The van der Waals surface area contributed by atoms with Crippen LogP contribution < -0.4 is 5.73 Å². The van der Waals surface area contributed by atoms with Gasteiger partial charge in [-0.05, 0) is 30.5 Å². The van der Waals surface area contributed by atoms with E-state index >= 15 is 0 Å². The van der Waals surface area contributed by atoms with Crippen LogP contribution in [0.25, 0.3) is 10.6 Å². The lowest BCUT2D eigenvalue weighted by Gasteiger charge is -1.92. The molecule has 2 nitrogen and oxygen atoms in total. The number of thiazole rings is 1. The number of aryl methyl sites for hydroxylation is 1. The molecule has 0 radical (unpaired) electrons. The molecular formula is C10H12N2S2. The van der Waals surface area contributed by atoms with Gasteiger partial charge in [0.05, 0.1) is 15.6 Å². The molecule has 2 aromatic heterocycles. The highest BCUT2D eigenvalue weighted by Crippen LogP contribution is 2.29. The molecule has 0 aliphatic carbocycles. The van der Waals surface area contributed by atoms with Gasteiger partial charge in [0.15, 0.2) is 0 Å². The average Bonchev–Trinajstić information content (AvgIpc) is 2.74. The van der Waals surface area contributed by atoms with Gasteiger partial charge in [0, 0.05) is 11.8 Å². The highest BCUT2D eigenvalue weighted by molar-refractivity contribution is 7.14. The molecule has 0 aromatic carbocycles. The molecular weight excluding hydrogens is 212 g/mol. The van der Waals surface area contributed by atoms with Gasteiger partial charge in [-0.1, -0.05) is 0 Å². The smallest absolute Gasteiger partial charge is 0.0945 e. The molecule has 0 amide bonds. The minimum absolute atomic E-state index is 0.677. The first-order valence-corrected chi connectivity index (χ1v) is 6.26. The summed E-state index contributed by atoms with van der Waals surface area (Å²) in [6.45, 7) is 2.80. The van der Waals surface area contributed by atoms with Crippen molar-refractivity contribution in [3.8, 4) is 10.6 Å². The Morgan fingerprint density at radius 3 is 2.93 bits per heavy atom. The second-order valence-electron chi connectivity index (χ2n) is 3.10. The first-order valence-electron chi connectivity index (χ1n) is 4.50. The molecule has 14 heavy (non-hydrogen) atoms. The van der Waals surface area contributed by atoms with E-state index in [0.29, 0.717) is 6.54 Å². The molecule has 0 spiro atoms. The Kier molecular flexibility index (Phi) is 2.96. The maximum absolute atomic E-state index is 5.49. The van der Waals surface area contributed by atoms with Gasteiger partial charge in [0.25, 0.3) is 0 Å². The summed E-state index contributed by atoms with van der Waals surface area (Å²) in [7, 11) is 0. The zero-order valence-corrected chi connectivity index (χ0v) is 9.62. The molecule has 0 saturated heterocycles. The van der Waals surface area contributed by atoms with Crippen LogP contribution >= 0.6 is 22.7 Å². The SMILES string of the molecule is Cc1ccsc1-c1csc(CCN)n1. The number of hydrogen-bond donors (Lipinski definition) is 1. The maximum atomic E-state index is 5.49. The Labute approximate surface area is 91.4 Å². The second kappa shape index (κ2) is 4.21. The minimum atomic E-state index is 0.677. The van der Waals surface area contributed by atoms with Crippen LogP contribution in [-0.4, -0.2) is 11.5 Å². The molecule has 0 bridgehead atoms. The van der Waals surface area contributed by atoms with E-state index < -0.39 is 0 Å². The molecule has 2 N–H and O–H groups in total. The topological polar surface area (TPSA) is 38.9 Å². The first kappa shape index (κ1) is 9.83. The van der Waals surface area contributed by atoms with E-state index in [2.05, 4.69) is 28.7 Å². The molecule has 0 aliphatic heterocycles. The van der Waals surface area contributed by atoms with Crippen molar-refractivity contribution in [3.63, 3.8) is 0 Å². The Hall–Kier alpha value is -0.710. The van der Waals surface area contributed by atoms with Crippen LogP contribution in [0.2, 0.25) is 0 Å². The van der Waals surface area contributed by atoms with E-state index in [4.69, 9.17) is 5.73 Å². The van der Waals surface area contributed by atoms with Crippen LogP contribution in [0.1, 0.15) is 10.6 Å². The van der Waals surface area contributed by atoms with Crippen LogP contribution in [-0.2, 0) is 6.42 Å². The molecule has 4 heteroatoms. The quantitative estimate of drug-likeness (QED) is 0.870. The lowest BCUT2D eigenvalue weighted by Crippen LogP contribution is -2.01. The fourth-order valence-corrected chi connectivity index (χ4v) is 3.06. The van der Waals surface area contributed by atoms with Crippen molar-refractivity contribution in [2.45, 2.75) is 13.3 Å². The second-order valence-corrected chi connectivity index (χ2v) is 4.96. The van der Waals surface area contributed by atoms with Crippen molar-refractivity contribution < 1.29 is 0 Å². The van der Waals surface area contributed by atoms with Crippen molar-refractivity contribution in [1.29, 1.82) is 0 Å². The lowest BCUT2D eigenvalue weighted by molar-refractivity contribution is 0.954. The molecule has 2 aromatic rings. The highest BCUT2D eigenvalue weighted by atomic mass is 32.1. The Balaban J connectivity index is 2.29. The van der Waals surface area contributed by atoms with Crippen molar-refractivity contribution in [2.75, 3.05) is 6.54 Å². The summed E-state index contributed by atoms with van der Waals surface area (Å²) in [5, 5.41) is 5.35. The van der Waals surface area contributed by atoms with Crippen molar-refractivity contribution in [3.05, 3.63) is 27.4 Å². The maximum Gasteiger partial charge on any atom is 0.0945 e. The molecule has 74 valence electrons. The van der Waals surface area contributed by atoms with Crippen molar-refractivity contribution >= 4 is 22.7 Å². The third-order valence-corrected chi connectivity index (χ3v) is 3.95. The summed E-state index contributed by atoms with van der Waals surface area (Å²) in [6, 6.07) is 2.13. The Morgan fingerprint density at radius 1 is 1.43 bits per heavy atom. The number of hydrogen-bond acceptors (Lipinski definition) is 4. The highest BCUT2D eigenvalue weighted by Gasteiger charge is 2.07. The summed E-state index contributed by atoms with van der Waals surface area (Å²) >= 11 is 3.44. The van der Waals surface area contributed by atoms with Gasteiger partial charge in [0.2, 0.25) is 0 Å². The van der Waals surface area contributed by atoms with Gasteiger partial charge in [-0.2, -0.15) is 0 Å². The third kappa shape index (κ3) is 1.87. The van der Waals surface area contributed by atoms with E-state index in [1.54, 1.807) is 22.7 Å². The van der Waals surface area contributed by atoms with E-state index in [0.717, 1.165) is 17.1 Å². The minimum Gasteiger partial charge on any atom is -0.330 e. The van der Waals surface area contributed by atoms with Gasteiger partial charge < -0.3 is 5.73 Å². The van der Waals surface area contributed by atoms with Gasteiger partial charge in [-0.3, -0.25) is 0 Å².